The summed E-state index contributed by atoms with van der Waals surface area (Å²) in [5.41, 5.74) is 1.10. The van der Waals surface area contributed by atoms with Crippen LogP contribution in [0.1, 0.15) is 24.7 Å². The molecular weight excluding hydrogens is 394 g/mol. The number of benzene rings is 1. The Morgan fingerprint density at radius 2 is 1.94 bits per heavy atom. The van der Waals surface area contributed by atoms with Crippen molar-refractivity contribution >= 4 is 11.8 Å². The van der Waals surface area contributed by atoms with Crippen LogP contribution in [-0.2, 0) is 27.4 Å². The number of morpholine rings is 1. The second-order valence-electron chi connectivity index (χ2n) is 8.47. The van der Waals surface area contributed by atoms with Gasteiger partial charge < -0.3 is 19.0 Å². The molecule has 1 aromatic heterocycles. The highest BCUT2D eigenvalue weighted by atomic mass is 16.5. The fraction of sp³-hybridized carbons (Fsp3) is 0.500. The normalized spacial score (nSPS) is 20.7. The van der Waals surface area contributed by atoms with Crippen molar-refractivity contribution in [2.45, 2.75) is 32.5 Å². The predicted octanol–water partition coefficient (Wildman–Crippen LogP) is 2.38. The minimum atomic E-state index is -0.321. The highest BCUT2D eigenvalue weighted by molar-refractivity contribution is 5.89. The van der Waals surface area contributed by atoms with Crippen molar-refractivity contribution in [3.8, 4) is 0 Å². The lowest BCUT2D eigenvalue weighted by molar-refractivity contribution is -0.139. The molecule has 2 atom stereocenters. The van der Waals surface area contributed by atoms with Gasteiger partial charge in [-0.05, 0) is 24.6 Å². The summed E-state index contributed by atoms with van der Waals surface area (Å²) < 4.78 is 10.8. The molecule has 1 aromatic carbocycles. The molecule has 7 heteroatoms. The molecule has 166 valence electrons. The van der Waals surface area contributed by atoms with Crippen LogP contribution in [0.25, 0.3) is 0 Å². The lowest BCUT2D eigenvalue weighted by Gasteiger charge is -2.36. The van der Waals surface area contributed by atoms with Crippen LogP contribution in [0.4, 0.5) is 0 Å². The van der Waals surface area contributed by atoms with Crippen LogP contribution in [-0.4, -0.2) is 71.9 Å². The van der Waals surface area contributed by atoms with E-state index in [1.54, 1.807) is 11.2 Å². The molecule has 2 saturated heterocycles. The average molecular weight is 426 g/mol. The Labute approximate surface area is 183 Å². The Morgan fingerprint density at radius 1 is 1.16 bits per heavy atom. The standard InChI is InChI=1S/C24H31N3O4/c1-19(15-25-9-12-30-13-10-25)27(16-20-6-3-2-4-7-20)24(29)21-14-23(28)26(17-21)18-22-8-5-11-31-22/h2-8,11,19,21H,9-10,12-18H2,1H3. The number of carbonyl (C=O) groups is 2. The quantitative estimate of drug-likeness (QED) is 0.650. The van der Waals surface area contributed by atoms with E-state index in [2.05, 4.69) is 11.8 Å². The molecule has 31 heavy (non-hydrogen) atoms. The molecule has 3 heterocycles. The van der Waals surface area contributed by atoms with Gasteiger partial charge in [0.1, 0.15) is 5.76 Å². The maximum absolute atomic E-state index is 13.6. The number of likely N-dealkylation sites (tertiary alicyclic amines) is 1. The molecule has 2 amide bonds. The summed E-state index contributed by atoms with van der Waals surface area (Å²) in [5.74, 6) is 0.483. The fourth-order valence-corrected chi connectivity index (χ4v) is 4.40. The number of hydrogen-bond acceptors (Lipinski definition) is 5. The van der Waals surface area contributed by atoms with E-state index < -0.39 is 0 Å². The summed E-state index contributed by atoms with van der Waals surface area (Å²) in [6.07, 6.45) is 1.86. The van der Waals surface area contributed by atoms with Gasteiger partial charge in [0.05, 0.1) is 31.9 Å². The molecule has 0 aliphatic carbocycles. The molecule has 2 aliphatic heterocycles. The van der Waals surface area contributed by atoms with Crippen LogP contribution < -0.4 is 0 Å². The number of hydrogen-bond donors (Lipinski definition) is 0. The number of rotatable bonds is 8. The topological polar surface area (TPSA) is 66.2 Å². The van der Waals surface area contributed by atoms with Crippen molar-refractivity contribution in [3.63, 3.8) is 0 Å². The summed E-state index contributed by atoms with van der Waals surface area (Å²) in [6, 6.07) is 13.8. The molecule has 0 radical (unpaired) electrons. The van der Waals surface area contributed by atoms with Crippen molar-refractivity contribution in [1.82, 2.24) is 14.7 Å². The van der Waals surface area contributed by atoms with Gasteiger partial charge >= 0.3 is 0 Å². The first-order valence-corrected chi connectivity index (χ1v) is 11.0. The Bertz CT molecular complexity index is 849. The largest absolute Gasteiger partial charge is 0.467 e. The lowest BCUT2D eigenvalue weighted by atomic mass is 10.0. The van der Waals surface area contributed by atoms with Gasteiger partial charge in [0.15, 0.2) is 0 Å². The molecule has 0 N–H and O–H groups in total. The van der Waals surface area contributed by atoms with E-state index in [1.165, 1.54) is 0 Å². The molecule has 2 aliphatic rings. The third-order valence-corrected chi connectivity index (χ3v) is 6.13. The number of furan rings is 1. The Balaban J connectivity index is 1.45. The smallest absolute Gasteiger partial charge is 0.228 e. The second-order valence-corrected chi connectivity index (χ2v) is 8.47. The van der Waals surface area contributed by atoms with Crippen LogP contribution in [0, 0.1) is 5.92 Å². The van der Waals surface area contributed by atoms with Gasteiger partial charge in [-0.25, -0.2) is 0 Å². The minimum absolute atomic E-state index is 0.00948. The molecule has 4 rings (SSSR count). The number of amides is 2. The van der Waals surface area contributed by atoms with E-state index in [0.29, 0.717) is 19.6 Å². The van der Waals surface area contributed by atoms with Crippen molar-refractivity contribution in [1.29, 1.82) is 0 Å². The van der Waals surface area contributed by atoms with Crippen molar-refractivity contribution in [2.24, 2.45) is 5.92 Å². The summed E-state index contributed by atoms with van der Waals surface area (Å²) in [6.45, 7) is 7.55. The Morgan fingerprint density at radius 3 is 2.65 bits per heavy atom. The molecule has 2 aromatic rings. The van der Waals surface area contributed by atoms with Crippen LogP contribution in [0.3, 0.4) is 0 Å². The van der Waals surface area contributed by atoms with Crippen molar-refractivity contribution in [2.75, 3.05) is 39.4 Å². The van der Waals surface area contributed by atoms with Crippen molar-refractivity contribution < 1.29 is 18.7 Å². The van der Waals surface area contributed by atoms with Gasteiger partial charge in [-0.15, -0.1) is 0 Å². The minimum Gasteiger partial charge on any atom is -0.467 e. The van der Waals surface area contributed by atoms with Crippen LogP contribution in [0.5, 0.6) is 0 Å². The van der Waals surface area contributed by atoms with Gasteiger partial charge in [-0.2, -0.15) is 0 Å². The highest BCUT2D eigenvalue weighted by Crippen LogP contribution is 2.24. The maximum atomic E-state index is 13.6. The summed E-state index contributed by atoms with van der Waals surface area (Å²) in [7, 11) is 0. The zero-order chi connectivity index (χ0) is 21.6. The van der Waals surface area contributed by atoms with E-state index in [-0.39, 0.29) is 30.2 Å². The van der Waals surface area contributed by atoms with Gasteiger partial charge in [0.25, 0.3) is 0 Å². The third-order valence-electron chi connectivity index (χ3n) is 6.13. The zero-order valence-electron chi connectivity index (χ0n) is 18.1. The molecule has 2 fully saturated rings. The van der Waals surface area contributed by atoms with Gasteiger partial charge in [0, 0.05) is 45.2 Å². The first kappa shape index (κ1) is 21.6. The summed E-state index contributed by atoms with van der Waals surface area (Å²) in [5, 5.41) is 0. The van der Waals surface area contributed by atoms with E-state index in [4.69, 9.17) is 9.15 Å². The summed E-state index contributed by atoms with van der Waals surface area (Å²) >= 11 is 0. The maximum Gasteiger partial charge on any atom is 0.228 e. The number of carbonyl (C=O) groups excluding carboxylic acids is 2. The number of nitrogens with zero attached hydrogens (tertiary/aromatic N) is 3. The molecule has 0 bridgehead atoms. The predicted molar refractivity (Wildman–Crippen MR) is 116 cm³/mol. The van der Waals surface area contributed by atoms with Gasteiger partial charge in [0.2, 0.25) is 11.8 Å². The van der Waals surface area contributed by atoms with Crippen molar-refractivity contribution in [3.05, 3.63) is 60.1 Å². The molecule has 2 unspecified atom stereocenters. The first-order chi connectivity index (χ1) is 15.1. The number of ether oxygens (including phenoxy) is 1. The first-order valence-electron chi connectivity index (χ1n) is 11.0. The molecule has 7 nitrogen and oxygen atoms in total. The lowest BCUT2D eigenvalue weighted by Crippen LogP contribution is -2.49. The Kier molecular flexibility index (Phi) is 7.04. The summed E-state index contributed by atoms with van der Waals surface area (Å²) in [4.78, 5) is 32.2. The van der Waals surface area contributed by atoms with E-state index >= 15 is 0 Å². The average Bonchev–Trinajstić information content (AvgIpc) is 3.43. The van der Waals surface area contributed by atoms with Crippen LogP contribution in [0.15, 0.2) is 53.1 Å². The molecule has 0 spiro atoms. The van der Waals surface area contributed by atoms with E-state index in [1.807, 2.05) is 47.4 Å². The Hall–Kier alpha value is -2.64. The fourth-order valence-electron chi connectivity index (χ4n) is 4.40. The van der Waals surface area contributed by atoms with Crippen LogP contribution in [0.2, 0.25) is 0 Å². The van der Waals surface area contributed by atoms with Gasteiger partial charge in [-0.1, -0.05) is 30.3 Å². The van der Waals surface area contributed by atoms with E-state index in [0.717, 1.165) is 44.2 Å². The third kappa shape index (κ3) is 5.54. The van der Waals surface area contributed by atoms with E-state index in [9.17, 15) is 9.59 Å². The monoisotopic (exact) mass is 425 g/mol. The second kappa shape index (κ2) is 10.1. The SMILES string of the molecule is CC(CN1CCOCC1)N(Cc1ccccc1)C(=O)C1CC(=O)N(Cc2ccco2)C1. The van der Waals surface area contributed by atoms with Gasteiger partial charge in [-0.3, -0.25) is 14.5 Å². The highest BCUT2D eigenvalue weighted by Gasteiger charge is 2.38. The molecule has 0 saturated carbocycles. The van der Waals surface area contributed by atoms with Crippen LogP contribution >= 0.6 is 0 Å². The zero-order valence-corrected chi connectivity index (χ0v) is 18.1. The molecular formula is C24H31N3O4.